The second-order valence-corrected chi connectivity index (χ2v) is 9.66. The molecule has 1 fully saturated rings. The first-order valence-electron chi connectivity index (χ1n) is 9.67. The van der Waals surface area contributed by atoms with Crippen molar-refractivity contribution in [1.29, 1.82) is 0 Å². The standard InChI is InChI=1S/C20H32N2O4S/c1-5-20(2,3)21-19(23)12-9-16-15-17(10-11-18(16)26-4)27(24,25)22-13-7-6-8-14-22/h10-11,15H,5-9,12-14H2,1-4H3,(H,21,23). The van der Waals surface area contributed by atoms with Gasteiger partial charge in [0.25, 0.3) is 0 Å². The van der Waals surface area contributed by atoms with E-state index in [9.17, 15) is 13.2 Å². The smallest absolute Gasteiger partial charge is 0.243 e. The van der Waals surface area contributed by atoms with Gasteiger partial charge in [0.05, 0.1) is 12.0 Å². The van der Waals surface area contributed by atoms with E-state index in [2.05, 4.69) is 5.32 Å². The zero-order valence-electron chi connectivity index (χ0n) is 16.9. The molecule has 0 aliphatic carbocycles. The van der Waals surface area contributed by atoms with E-state index < -0.39 is 10.0 Å². The van der Waals surface area contributed by atoms with Gasteiger partial charge in [-0.1, -0.05) is 13.3 Å². The van der Waals surface area contributed by atoms with Crippen molar-refractivity contribution >= 4 is 15.9 Å². The van der Waals surface area contributed by atoms with E-state index in [1.807, 2.05) is 20.8 Å². The molecule has 0 spiro atoms. The van der Waals surface area contributed by atoms with Gasteiger partial charge in [0, 0.05) is 25.0 Å². The van der Waals surface area contributed by atoms with Crippen molar-refractivity contribution in [3.05, 3.63) is 23.8 Å². The van der Waals surface area contributed by atoms with Crippen molar-refractivity contribution in [2.24, 2.45) is 0 Å². The molecular weight excluding hydrogens is 364 g/mol. The fourth-order valence-corrected chi connectivity index (χ4v) is 4.71. The fourth-order valence-electron chi connectivity index (χ4n) is 3.14. The minimum Gasteiger partial charge on any atom is -0.496 e. The number of hydrogen-bond donors (Lipinski definition) is 1. The molecule has 1 aromatic rings. The van der Waals surface area contributed by atoms with Crippen LogP contribution in [0.5, 0.6) is 5.75 Å². The summed E-state index contributed by atoms with van der Waals surface area (Å²) in [6, 6.07) is 4.92. The highest BCUT2D eigenvalue weighted by Crippen LogP contribution is 2.27. The van der Waals surface area contributed by atoms with Gasteiger partial charge in [-0.05, 0) is 63.3 Å². The predicted molar refractivity (Wildman–Crippen MR) is 106 cm³/mol. The SMILES string of the molecule is CCC(C)(C)NC(=O)CCc1cc(S(=O)(=O)N2CCCCC2)ccc1OC. The van der Waals surface area contributed by atoms with E-state index in [-0.39, 0.29) is 22.8 Å². The minimum absolute atomic E-state index is 0.0480. The Kier molecular flexibility index (Phi) is 7.28. The molecule has 0 aromatic heterocycles. The minimum atomic E-state index is -3.50. The van der Waals surface area contributed by atoms with E-state index in [0.29, 0.717) is 25.3 Å². The van der Waals surface area contributed by atoms with Gasteiger partial charge in [-0.3, -0.25) is 4.79 Å². The summed E-state index contributed by atoms with van der Waals surface area (Å²) < 4.78 is 32.7. The molecule has 0 atom stereocenters. The number of ether oxygens (including phenoxy) is 1. The third-order valence-electron chi connectivity index (χ3n) is 5.19. The van der Waals surface area contributed by atoms with Gasteiger partial charge in [0.1, 0.15) is 5.75 Å². The van der Waals surface area contributed by atoms with Crippen LogP contribution in [0.2, 0.25) is 0 Å². The first-order chi connectivity index (χ1) is 12.7. The number of methoxy groups -OCH3 is 1. The largest absolute Gasteiger partial charge is 0.496 e. The Hall–Kier alpha value is -1.60. The van der Waals surface area contributed by atoms with E-state index in [1.165, 1.54) is 0 Å². The molecule has 0 radical (unpaired) electrons. The maximum absolute atomic E-state index is 12.9. The summed E-state index contributed by atoms with van der Waals surface area (Å²) in [6.45, 7) is 7.13. The number of rotatable bonds is 8. The molecule has 1 saturated heterocycles. The highest BCUT2D eigenvalue weighted by Gasteiger charge is 2.27. The molecule has 0 saturated carbocycles. The lowest BCUT2D eigenvalue weighted by Crippen LogP contribution is -2.42. The fraction of sp³-hybridized carbons (Fsp3) is 0.650. The van der Waals surface area contributed by atoms with Gasteiger partial charge in [0.15, 0.2) is 0 Å². The average Bonchev–Trinajstić information content (AvgIpc) is 2.66. The maximum Gasteiger partial charge on any atom is 0.243 e. The van der Waals surface area contributed by atoms with Gasteiger partial charge in [-0.15, -0.1) is 0 Å². The van der Waals surface area contributed by atoms with Crippen LogP contribution in [0.3, 0.4) is 0 Å². The molecule has 1 aromatic carbocycles. The van der Waals surface area contributed by atoms with Crippen LogP contribution in [0.1, 0.15) is 58.4 Å². The van der Waals surface area contributed by atoms with Crippen LogP contribution in [-0.4, -0.2) is 44.4 Å². The number of nitrogens with zero attached hydrogens (tertiary/aromatic N) is 1. The van der Waals surface area contributed by atoms with E-state index in [4.69, 9.17) is 4.74 Å². The molecule has 152 valence electrons. The molecule has 1 heterocycles. The third-order valence-corrected chi connectivity index (χ3v) is 7.08. The van der Waals surface area contributed by atoms with Crippen molar-refractivity contribution in [3.8, 4) is 5.75 Å². The van der Waals surface area contributed by atoms with Gasteiger partial charge in [0.2, 0.25) is 15.9 Å². The molecule has 0 bridgehead atoms. The molecule has 1 aliphatic heterocycles. The van der Waals surface area contributed by atoms with Crippen LogP contribution in [0.25, 0.3) is 0 Å². The maximum atomic E-state index is 12.9. The molecule has 1 aliphatic rings. The van der Waals surface area contributed by atoms with Crippen molar-refractivity contribution in [3.63, 3.8) is 0 Å². The normalized spacial score (nSPS) is 16.1. The molecule has 27 heavy (non-hydrogen) atoms. The van der Waals surface area contributed by atoms with Crippen molar-refractivity contribution < 1.29 is 17.9 Å². The molecule has 1 N–H and O–H groups in total. The average molecular weight is 397 g/mol. The Labute approximate surface area is 163 Å². The molecule has 7 heteroatoms. The first kappa shape index (κ1) is 21.7. The Morgan fingerprint density at radius 3 is 2.48 bits per heavy atom. The number of hydrogen-bond acceptors (Lipinski definition) is 4. The zero-order valence-corrected chi connectivity index (χ0v) is 17.7. The molecule has 0 unspecified atom stereocenters. The second kappa shape index (κ2) is 9.06. The number of carbonyl (C=O) groups excluding carboxylic acids is 1. The van der Waals surface area contributed by atoms with E-state index >= 15 is 0 Å². The topological polar surface area (TPSA) is 75.7 Å². The number of nitrogens with one attached hydrogen (secondary N) is 1. The summed E-state index contributed by atoms with van der Waals surface area (Å²) in [5, 5.41) is 3.00. The summed E-state index contributed by atoms with van der Waals surface area (Å²) in [4.78, 5) is 12.5. The van der Waals surface area contributed by atoms with Gasteiger partial charge in [-0.2, -0.15) is 4.31 Å². The van der Waals surface area contributed by atoms with Crippen LogP contribution < -0.4 is 10.1 Å². The van der Waals surface area contributed by atoms with Crippen LogP contribution >= 0.6 is 0 Å². The number of piperidine rings is 1. The Bertz CT molecular complexity index is 753. The number of amides is 1. The monoisotopic (exact) mass is 396 g/mol. The highest BCUT2D eigenvalue weighted by atomic mass is 32.2. The van der Waals surface area contributed by atoms with Crippen LogP contribution in [0.4, 0.5) is 0 Å². The molecule has 1 amide bonds. The van der Waals surface area contributed by atoms with Crippen molar-refractivity contribution in [2.45, 2.75) is 69.7 Å². The number of benzene rings is 1. The van der Waals surface area contributed by atoms with Crippen molar-refractivity contribution in [1.82, 2.24) is 9.62 Å². The summed E-state index contributed by atoms with van der Waals surface area (Å²) >= 11 is 0. The first-order valence-corrected chi connectivity index (χ1v) is 11.1. The predicted octanol–water partition coefficient (Wildman–Crippen LogP) is 3.11. The zero-order chi connectivity index (χ0) is 20.1. The van der Waals surface area contributed by atoms with Gasteiger partial charge in [-0.25, -0.2) is 8.42 Å². The Morgan fingerprint density at radius 2 is 1.89 bits per heavy atom. The van der Waals surface area contributed by atoms with Gasteiger partial charge >= 0.3 is 0 Å². The Balaban J connectivity index is 2.16. The summed E-state index contributed by atoms with van der Waals surface area (Å²) in [7, 11) is -1.95. The Morgan fingerprint density at radius 1 is 1.22 bits per heavy atom. The number of aryl methyl sites for hydroxylation is 1. The lowest BCUT2D eigenvalue weighted by atomic mass is 10.0. The third kappa shape index (κ3) is 5.69. The number of carbonyl (C=O) groups is 1. The molecule has 6 nitrogen and oxygen atoms in total. The second-order valence-electron chi connectivity index (χ2n) is 7.72. The van der Waals surface area contributed by atoms with Crippen LogP contribution in [0, 0.1) is 0 Å². The summed E-state index contributed by atoms with van der Waals surface area (Å²) in [5.41, 5.74) is 0.487. The lowest BCUT2D eigenvalue weighted by molar-refractivity contribution is -0.122. The molecule has 2 rings (SSSR count). The summed E-state index contributed by atoms with van der Waals surface area (Å²) in [6.07, 6.45) is 4.42. The van der Waals surface area contributed by atoms with Crippen LogP contribution in [0.15, 0.2) is 23.1 Å². The quantitative estimate of drug-likeness (QED) is 0.733. The van der Waals surface area contributed by atoms with E-state index in [1.54, 1.807) is 29.6 Å². The summed E-state index contributed by atoms with van der Waals surface area (Å²) in [5.74, 6) is 0.559. The highest BCUT2D eigenvalue weighted by molar-refractivity contribution is 7.89. The van der Waals surface area contributed by atoms with Crippen molar-refractivity contribution in [2.75, 3.05) is 20.2 Å². The number of sulfonamides is 1. The van der Waals surface area contributed by atoms with Gasteiger partial charge < -0.3 is 10.1 Å². The lowest BCUT2D eigenvalue weighted by Gasteiger charge is -2.26. The van der Waals surface area contributed by atoms with E-state index in [0.717, 1.165) is 31.2 Å². The molecular formula is C20H32N2O4S. The van der Waals surface area contributed by atoms with Crippen LogP contribution in [-0.2, 0) is 21.2 Å².